The Kier molecular flexibility index (Phi) is 5.13. The number of ether oxygens (including phenoxy) is 1. The van der Waals surface area contributed by atoms with E-state index in [9.17, 15) is 9.59 Å². The van der Waals surface area contributed by atoms with Gasteiger partial charge in [-0.05, 0) is 61.0 Å². The highest BCUT2D eigenvalue weighted by Gasteiger charge is 2.07. The zero-order valence-corrected chi connectivity index (χ0v) is 16.4. The van der Waals surface area contributed by atoms with Gasteiger partial charge in [0.2, 0.25) is 0 Å². The quantitative estimate of drug-likeness (QED) is 0.543. The van der Waals surface area contributed by atoms with Crippen LogP contribution in [-0.4, -0.2) is 27.5 Å². The van der Waals surface area contributed by atoms with Gasteiger partial charge < -0.3 is 10.1 Å². The summed E-state index contributed by atoms with van der Waals surface area (Å²) in [6.45, 7) is 1.78. The standard InChI is InChI=1S/C22H19N5O3/c1-14-11-21(28)27-10-9-15(12-20(27)24-14)16-3-8-19(23-13-16)26-22(29)25-17-4-6-18(30-2)7-5-17/h3-13H,1-2H3,(H2,23,25,26,29). The Hall–Kier alpha value is -4.20. The summed E-state index contributed by atoms with van der Waals surface area (Å²) in [5, 5.41) is 5.42. The molecule has 0 spiro atoms. The lowest BCUT2D eigenvalue weighted by molar-refractivity contribution is 0.262. The van der Waals surface area contributed by atoms with E-state index in [2.05, 4.69) is 20.6 Å². The van der Waals surface area contributed by atoms with Crippen LogP contribution in [0.25, 0.3) is 16.8 Å². The molecule has 0 bridgehead atoms. The van der Waals surface area contributed by atoms with Crippen molar-refractivity contribution in [3.63, 3.8) is 0 Å². The molecule has 0 saturated carbocycles. The molecule has 1 aromatic carbocycles. The number of methoxy groups -OCH3 is 1. The minimum absolute atomic E-state index is 0.121. The van der Waals surface area contributed by atoms with Crippen LogP contribution in [-0.2, 0) is 0 Å². The van der Waals surface area contributed by atoms with Crippen molar-refractivity contribution in [2.75, 3.05) is 17.7 Å². The number of hydrogen-bond donors (Lipinski definition) is 2. The fraction of sp³-hybridized carbons (Fsp3) is 0.0909. The summed E-state index contributed by atoms with van der Waals surface area (Å²) in [6.07, 6.45) is 3.34. The summed E-state index contributed by atoms with van der Waals surface area (Å²) < 4.78 is 6.58. The van der Waals surface area contributed by atoms with Crippen molar-refractivity contribution >= 4 is 23.2 Å². The summed E-state index contributed by atoms with van der Waals surface area (Å²) in [5.74, 6) is 1.12. The molecule has 0 unspecified atom stereocenters. The highest BCUT2D eigenvalue weighted by molar-refractivity contribution is 5.99. The number of benzene rings is 1. The summed E-state index contributed by atoms with van der Waals surface area (Å²) in [4.78, 5) is 32.9. The number of aryl methyl sites for hydroxylation is 1. The fourth-order valence-electron chi connectivity index (χ4n) is 2.99. The number of rotatable bonds is 4. The maximum atomic E-state index is 12.2. The number of amides is 2. The van der Waals surface area contributed by atoms with E-state index >= 15 is 0 Å². The predicted molar refractivity (Wildman–Crippen MR) is 115 cm³/mol. The van der Waals surface area contributed by atoms with E-state index in [1.807, 2.05) is 18.2 Å². The third-order valence-corrected chi connectivity index (χ3v) is 4.48. The number of nitrogens with zero attached hydrogens (tertiary/aromatic N) is 3. The molecule has 4 rings (SSSR count). The average Bonchev–Trinajstić information content (AvgIpc) is 2.74. The SMILES string of the molecule is COc1ccc(NC(=O)Nc2ccc(-c3ccn4c(=O)cc(C)nc4c3)cn2)cc1. The predicted octanol–water partition coefficient (Wildman–Crippen LogP) is 3.72. The lowest BCUT2D eigenvalue weighted by Crippen LogP contribution is -2.19. The Balaban J connectivity index is 1.47. The highest BCUT2D eigenvalue weighted by Crippen LogP contribution is 2.21. The van der Waals surface area contributed by atoms with Gasteiger partial charge in [-0.25, -0.2) is 14.8 Å². The van der Waals surface area contributed by atoms with Crippen LogP contribution in [0.4, 0.5) is 16.3 Å². The Labute approximate surface area is 172 Å². The van der Waals surface area contributed by atoms with Crippen LogP contribution in [0.1, 0.15) is 5.69 Å². The number of aromatic nitrogens is 3. The van der Waals surface area contributed by atoms with Crippen molar-refractivity contribution in [3.8, 4) is 16.9 Å². The molecule has 3 heterocycles. The summed E-state index contributed by atoms with van der Waals surface area (Å²) in [6, 6.07) is 15.3. The molecule has 0 atom stereocenters. The summed E-state index contributed by atoms with van der Waals surface area (Å²) in [5.41, 5.74) is 3.46. The van der Waals surface area contributed by atoms with Crippen molar-refractivity contribution in [2.45, 2.75) is 6.92 Å². The van der Waals surface area contributed by atoms with Crippen molar-refractivity contribution in [1.29, 1.82) is 0 Å². The number of urea groups is 1. The maximum Gasteiger partial charge on any atom is 0.324 e. The molecule has 0 saturated heterocycles. The minimum atomic E-state index is -0.398. The van der Waals surface area contributed by atoms with E-state index in [4.69, 9.17) is 4.74 Å². The van der Waals surface area contributed by atoms with E-state index in [1.54, 1.807) is 56.8 Å². The van der Waals surface area contributed by atoms with E-state index in [-0.39, 0.29) is 5.56 Å². The van der Waals surface area contributed by atoms with E-state index in [0.717, 1.165) is 11.1 Å². The first kappa shape index (κ1) is 19.1. The molecule has 0 fully saturated rings. The van der Waals surface area contributed by atoms with Crippen LogP contribution >= 0.6 is 0 Å². The van der Waals surface area contributed by atoms with Gasteiger partial charge in [0.05, 0.1) is 7.11 Å². The van der Waals surface area contributed by atoms with Gasteiger partial charge in [-0.3, -0.25) is 14.5 Å². The number of fused-ring (bicyclic) bond motifs is 1. The van der Waals surface area contributed by atoms with Gasteiger partial charge >= 0.3 is 6.03 Å². The molecular formula is C22H19N5O3. The normalized spacial score (nSPS) is 10.6. The van der Waals surface area contributed by atoms with Crippen LogP contribution in [0.2, 0.25) is 0 Å². The van der Waals surface area contributed by atoms with Gasteiger partial charge in [-0.1, -0.05) is 0 Å². The summed E-state index contributed by atoms with van der Waals surface area (Å²) in [7, 11) is 1.58. The maximum absolute atomic E-state index is 12.2. The largest absolute Gasteiger partial charge is 0.497 e. The number of carbonyl (C=O) groups is 1. The van der Waals surface area contributed by atoms with Crippen LogP contribution in [0.15, 0.2) is 71.8 Å². The van der Waals surface area contributed by atoms with Crippen molar-refractivity contribution in [1.82, 2.24) is 14.4 Å². The number of anilines is 2. The molecule has 2 amide bonds. The van der Waals surface area contributed by atoms with Gasteiger partial charge in [0.1, 0.15) is 17.2 Å². The lowest BCUT2D eigenvalue weighted by Gasteiger charge is -2.09. The fourth-order valence-corrected chi connectivity index (χ4v) is 2.99. The van der Waals surface area contributed by atoms with Gasteiger partial charge in [0, 0.05) is 35.4 Å². The van der Waals surface area contributed by atoms with E-state index < -0.39 is 6.03 Å². The molecule has 30 heavy (non-hydrogen) atoms. The van der Waals surface area contributed by atoms with E-state index in [1.165, 1.54) is 10.5 Å². The van der Waals surface area contributed by atoms with Crippen LogP contribution in [0, 0.1) is 6.92 Å². The number of pyridine rings is 2. The van der Waals surface area contributed by atoms with Crippen LogP contribution in [0.3, 0.4) is 0 Å². The second-order valence-corrected chi connectivity index (χ2v) is 6.62. The van der Waals surface area contributed by atoms with Crippen LogP contribution in [0.5, 0.6) is 5.75 Å². The molecule has 0 aliphatic heterocycles. The second kappa shape index (κ2) is 8.04. The summed E-state index contributed by atoms with van der Waals surface area (Å²) >= 11 is 0. The molecule has 8 nitrogen and oxygen atoms in total. The molecule has 150 valence electrons. The molecule has 3 aromatic heterocycles. The molecule has 2 N–H and O–H groups in total. The third-order valence-electron chi connectivity index (χ3n) is 4.48. The molecule has 0 radical (unpaired) electrons. The Morgan fingerprint density at radius 3 is 2.50 bits per heavy atom. The Morgan fingerprint density at radius 1 is 1.00 bits per heavy atom. The third kappa shape index (κ3) is 4.12. The molecule has 4 aromatic rings. The lowest BCUT2D eigenvalue weighted by atomic mass is 10.1. The first-order valence-electron chi connectivity index (χ1n) is 9.20. The van der Waals surface area contributed by atoms with Gasteiger partial charge in [0.15, 0.2) is 0 Å². The Bertz CT molecular complexity index is 1260. The minimum Gasteiger partial charge on any atom is -0.497 e. The number of nitrogens with one attached hydrogen (secondary N) is 2. The molecule has 0 aliphatic carbocycles. The second-order valence-electron chi connectivity index (χ2n) is 6.62. The molecule has 8 heteroatoms. The van der Waals surface area contributed by atoms with Gasteiger partial charge in [-0.15, -0.1) is 0 Å². The monoisotopic (exact) mass is 401 g/mol. The average molecular weight is 401 g/mol. The molecule has 0 aliphatic rings. The zero-order valence-electron chi connectivity index (χ0n) is 16.4. The smallest absolute Gasteiger partial charge is 0.324 e. The van der Waals surface area contributed by atoms with Gasteiger partial charge in [0.25, 0.3) is 5.56 Å². The van der Waals surface area contributed by atoms with E-state index in [0.29, 0.717) is 28.6 Å². The Morgan fingerprint density at radius 2 is 1.80 bits per heavy atom. The zero-order chi connectivity index (χ0) is 21.1. The van der Waals surface area contributed by atoms with Crippen molar-refractivity contribution < 1.29 is 9.53 Å². The highest BCUT2D eigenvalue weighted by atomic mass is 16.5. The first-order chi connectivity index (χ1) is 14.5. The number of carbonyl (C=O) groups excluding carboxylic acids is 1. The van der Waals surface area contributed by atoms with Gasteiger partial charge in [-0.2, -0.15) is 0 Å². The first-order valence-corrected chi connectivity index (χ1v) is 9.20. The topological polar surface area (TPSA) is 97.6 Å². The molecular weight excluding hydrogens is 382 g/mol. The van der Waals surface area contributed by atoms with Crippen molar-refractivity contribution in [3.05, 3.63) is 83.0 Å². The van der Waals surface area contributed by atoms with Crippen LogP contribution < -0.4 is 20.9 Å². The number of hydrogen-bond acceptors (Lipinski definition) is 5. The van der Waals surface area contributed by atoms with Crippen molar-refractivity contribution in [2.24, 2.45) is 0 Å².